The van der Waals surface area contributed by atoms with Crippen molar-refractivity contribution in [3.05, 3.63) is 93.4 Å². The molecule has 0 N–H and O–H groups in total. The van der Waals surface area contributed by atoms with E-state index in [0.29, 0.717) is 0 Å². The van der Waals surface area contributed by atoms with E-state index in [-0.39, 0.29) is 0 Å². The predicted octanol–water partition coefficient (Wildman–Crippen LogP) is 8.10. The Kier molecular flexibility index (Phi) is 4.49. The first-order chi connectivity index (χ1) is 12.1. The summed E-state index contributed by atoms with van der Waals surface area (Å²) in [5.74, 6) is 0. The van der Waals surface area contributed by atoms with E-state index in [9.17, 15) is 0 Å². The molecule has 5 rings (SSSR count). The molecule has 5 aromatic rings. The zero-order chi connectivity index (χ0) is 17.4. The van der Waals surface area contributed by atoms with Gasteiger partial charge >= 0.3 is 0 Å². The summed E-state index contributed by atoms with van der Waals surface area (Å²) in [5, 5.41) is 8.00. The molecule has 0 aromatic heterocycles. The fourth-order valence-corrected chi connectivity index (χ4v) is 4.00. The monoisotopic (exact) mass is 450 g/mol. The average molecular weight is 452 g/mol. The minimum absolute atomic E-state index is 1.17. The molecular formula is C23H16Br2. The van der Waals surface area contributed by atoms with E-state index in [2.05, 4.69) is 99.4 Å². The molecule has 0 aliphatic heterocycles. The number of rotatable bonds is 0. The number of halogens is 2. The summed E-state index contributed by atoms with van der Waals surface area (Å²) in [4.78, 5) is 0. The van der Waals surface area contributed by atoms with Crippen LogP contribution >= 0.6 is 31.9 Å². The molecule has 25 heavy (non-hydrogen) atoms. The lowest BCUT2D eigenvalue weighted by molar-refractivity contribution is 1.43. The molecule has 0 heterocycles. The Morgan fingerprint density at radius 2 is 1.12 bits per heavy atom. The van der Waals surface area contributed by atoms with Gasteiger partial charge in [-0.2, -0.15) is 0 Å². The van der Waals surface area contributed by atoms with E-state index in [1.807, 2.05) is 18.2 Å². The van der Waals surface area contributed by atoms with Gasteiger partial charge in [0.2, 0.25) is 0 Å². The summed E-state index contributed by atoms with van der Waals surface area (Å²) in [6.45, 7) is 2.07. The highest BCUT2D eigenvalue weighted by molar-refractivity contribution is 9.11. The van der Waals surface area contributed by atoms with Crippen molar-refractivity contribution in [1.82, 2.24) is 0 Å². The lowest BCUT2D eigenvalue weighted by atomic mass is 9.94. The first-order valence-electron chi connectivity index (χ1n) is 8.18. The largest absolute Gasteiger partial charge is 0.0619 e. The molecule has 0 atom stereocenters. The van der Waals surface area contributed by atoms with Crippen molar-refractivity contribution in [1.29, 1.82) is 0 Å². The van der Waals surface area contributed by atoms with E-state index >= 15 is 0 Å². The van der Waals surface area contributed by atoms with Gasteiger partial charge in [-0.15, -0.1) is 0 Å². The number of benzene rings is 5. The van der Waals surface area contributed by atoms with Crippen molar-refractivity contribution in [2.24, 2.45) is 0 Å². The third-order valence-corrected chi connectivity index (χ3v) is 6.13. The minimum Gasteiger partial charge on any atom is -0.0619 e. The number of aryl methyl sites for hydroxylation is 1. The predicted molar refractivity (Wildman–Crippen MR) is 117 cm³/mol. The molecule has 0 aliphatic carbocycles. The van der Waals surface area contributed by atoms with Crippen LogP contribution in [0.5, 0.6) is 0 Å². The Morgan fingerprint density at radius 1 is 0.520 bits per heavy atom. The molecule has 122 valence electrons. The zero-order valence-electron chi connectivity index (χ0n) is 13.8. The highest BCUT2D eigenvalue weighted by atomic mass is 79.9. The van der Waals surface area contributed by atoms with Gasteiger partial charge in [0.25, 0.3) is 0 Å². The van der Waals surface area contributed by atoms with Crippen LogP contribution in [0, 0.1) is 6.92 Å². The van der Waals surface area contributed by atoms with Crippen molar-refractivity contribution >= 4 is 64.2 Å². The van der Waals surface area contributed by atoms with E-state index in [1.165, 1.54) is 46.8 Å². The van der Waals surface area contributed by atoms with Gasteiger partial charge < -0.3 is 0 Å². The van der Waals surface area contributed by atoms with Gasteiger partial charge in [-0.05, 0) is 56.9 Å². The van der Waals surface area contributed by atoms with Crippen molar-refractivity contribution < 1.29 is 0 Å². The Bertz CT molecular complexity index is 1140. The molecule has 0 radical (unpaired) electrons. The Labute approximate surface area is 164 Å². The van der Waals surface area contributed by atoms with E-state index in [0.717, 1.165) is 0 Å². The molecule has 0 bridgehead atoms. The van der Waals surface area contributed by atoms with Gasteiger partial charge in [-0.3, -0.25) is 0 Å². The van der Waals surface area contributed by atoms with Crippen LogP contribution in [-0.2, 0) is 0 Å². The van der Waals surface area contributed by atoms with Crippen LogP contribution in [0.15, 0.2) is 87.8 Å². The smallest absolute Gasteiger partial charge is 0.0254 e. The topological polar surface area (TPSA) is 0 Å². The first-order valence-corrected chi connectivity index (χ1v) is 9.77. The molecule has 0 amide bonds. The Hall–Kier alpha value is -1.90. The highest BCUT2D eigenvalue weighted by Crippen LogP contribution is 2.37. The van der Waals surface area contributed by atoms with Crippen LogP contribution in [0.25, 0.3) is 32.3 Å². The van der Waals surface area contributed by atoms with E-state index < -0.39 is 0 Å². The fraction of sp³-hybridized carbons (Fsp3) is 0.0435. The molecule has 0 unspecified atom stereocenters. The summed E-state index contributed by atoms with van der Waals surface area (Å²) >= 11 is 7.04. The highest BCUT2D eigenvalue weighted by Gasteiger charge is 2.08. The lowest BCUT2D eigenvalue weighted by Gasteiger charge is -2.11. The van der Waals surface area contributed by atoms with Crippen LogP contribution in [0.4, 0.5) is 0 Å². The molecule has 0 nitrogen and oxygen atoms in total. The fourth-order valence-electron chi connectivity index (χ4n) is 3.25. The maximum atomic E-state index is 3.64. The van der Waals surface area contributed by atoms with Crippen LogP contribution in [0.1, 0.15) is 5.56 Å². The second-order valence-electron chi connectivity index (χ2n) is 6.15. The second kappa shape index (κ2) is 6.78. The third-order valence-electron chi connectivity index (χ3n) is 4.55. The van der Waals surface area contributed by atoms with Gasteiger partial charge in [0.05, 0.1) is 0 Å². The molecule has 0 saturated carbocycles. The number of hydrogen-bond donors (Lipinski definition) is 0. The van der Waals surface area contributed by atoms with E-state index in [1.54, 1.807) is 0 Å². The van der Waals surface area contributed by atoms with Crippen molar-refractivity contribution in [2.45, 2.75) is 6.92 Å². The molecular weight excluding hydrogens is 436 g/mol. The zero-order valence-corrected chi connectivity index (χ0v) is 16.9. The van der Waals surface area contributed by atoms with Gasteiger partial charge in [-0.1, -0.05) is 98.6 Å². The summed E-state index contributed by atoms with van der Waals surface area (Å²) in [6.07, 6.45) is 0. The summed E-state index contributed by atoms with van der Waals surface area (Å²) in [7, 11) is 0. The normalized spacial score (nSPS) is 11.0. The SMILES string of the molecule is Brc1ccc2ccc3cccc4ccc1c2c34.Cc1ccccc1Br. The Morgan fingerprint density at radius 3 is 1.76 bits per heavy atom. The maximum Gasteiger partial charge on any atom is 0.0254 e. The quantitative estimate of drug-likeness (QED) is 0.208. The molecule has 5 aromatic carbocycles. The van der Waals surface area contributed by atoms with Crippen LogP contribution in [0.2, 0.25) is 0 Å². The van der Waals surface area contributed by atoms with Crippen molar-refractivity contribution in [2.75, 3.05) is 0 Å². The third kappa shape index (κ3) is 3.05. The lowest BCUT2D eigenvalue weighted by Crippen LogP contribution is -1.83. The summed E-state index contributed by atoms with van der Waals surface area (Å²) in [5.41, 5.74) is 1.28. The van der Waals surface area contributed by atoms with Crippen LogP contribution < -0.4 is 0 Å². The van der Waals surface area contributed by atoms with Gasteiger partial charge in [0, 0.05) is 8.95 Å². The first kappa shape index (κ1) is 16.6. The molecule has 2 heteroatoms. The van der Waals surface area contributed by atoms with Crippen LogP contribution in [-0.4, -0.2) is 0 Å². The maximum absolute atomic E-state index is 3.64. The van der Waals surface area contributed by atoms with E-state index in [4.69, 9.17) is 0 Å². The summed E-state index contributed by atoms with van der Waals surface area (Å²) in [6, 6.07) is 27.8. The van der Waals surface area contributed by atoms with Gasteiger partial charge in [0.1, 0.15) is 0 Å². The second-order valence-corrected chi connectivity index (χ2v) is 7.86. The van der Waals surface area contributed by atoms with Crippen LogP contribution in [0.3, 0.4) is 0 Å². The Balaban J connectivity index is 0.000000166. The molecule has 0 spiro atoms. The molecule has 0 aliphatic rings. The van der Waals surface area contributed by atoms with Gasteiger partial charge in [0.15, 0.2) is 0 Å². The average Bonchev–Trinajstić information content (AvgIpc) is 2.64. The summed E-state index contributed by atoms with van der Waals surface area (Å²) < 4.78 is 2.35. The molecule has 0 saturated heterocycles. The molecule has 0 fully saturated rings. The standard InChI is InChI=1S/C16H9Br.C7H7Br/c17-14-9-7-12-5-4-10-2-1-3-11-6-8-13(14)16(12)15(10)11;1-6-4-2-3-5-7(6)8/h1-9H;2-5H,1H3. The van der Waals surface area contributed by atoms with Crippen molar-refractivity contribution in [3.8, 4) is 0 Å². The van der Waals surface area contributed by atoms with Gasteiger partial charge in [-0.25, -0.2) is 0 Å². The number of hydrogen-bond acceptors (Lipinski definition) is 0. The minimum atomic E-state index is 1.17. The van der Waals surface area contributed by atoms with Crippen molar-refractivity contribution in [3.63, 3.8) is 0 Å².